The zero-order chi connectivity index (χ0) is 16.6. The summed E-state index contributed by atoms with van der Waals surface area (Å²) < 4.78 is 41.1. The van der Waals surface area contributed by atoms with Gasteiger partial charge in [0.2, 0.25) is 0 Å². The van der Waals surface area contributed by atoms with Gasteiger partial charge in [0, 0.05) is 20.9 Å². The zero-order valence-corrected chi connectivity index (χ0v) is 14.6. The van der Waals surface area contributed by atoms with Crippen LogP contribution in [0.1, 0.15) is 16.8 Å². The zero-order valence-electron chi connectivity index (χ0n) is 11.7. The van der Waals surface area contributed by atoms with Crippen molar-refractivity contribution in [2.45, 2.75) is 12.6 Å². The predicted octanol–water partition coefficient (Wildman–Crippen LogP) is 6.10. The van der Waals surface area contributed by atoms with Crippen molar-refractivity contribution >= 4 is 45.1 Å². The summed E-state index contributed by atoms with van der Waals surface area (Å²) in [7, 11) is 0. The number of alkyl halides is 3. The maximum absolute atomic E-state index is 13.4. The highest BCUT2D eigenvalue weighted by Crippen LogP contribution is 2.38. The molecule has 0 atom stereocenters. The van der Waals surface area contributed by atoms with E-state index < -0.39 is 11.9 Å². The van der Waals surface area contributed by atoms with Crippen LogP contribution in [0.2, 0.25) is 5.02 Å². The second-order valence-corrected chi connectivity index (χ2v) is 6.70. The van der Waals surface area contributed by atoms with E-state index in [2.05, 4.69) is 27.6 Å². The average Bonchev–Trinajstić information content (AvgIpc) is 2.50. The SMILES string of the molecule is FC(F)(F)c1nc2ccc(I)cc2c(Cl)c1Cc1ccccc1. The number of fused-ring (bicyclic) bond motifs is 1. The highest BCUT2D eigenvalue weighted by molar-refractivity contribution is 14.1. The summed E-state index contributed by atoms with van der Waals surface area (Å²) in [6.45, 7) is 0. The Labute approximate surface area is 149 Å². The molecule has 3 aromatic rings. The Kier molecular flexibility index (Phi) is 4.51. The first-order valence-electron chi connectivity index (χ1n) is 6.75. The molecule has 0 radical (unpaired) electrons. The number of hydrogen-bond donors (Lipinski definition) is 0. The van der Waals surface area contributed by atoms with Crippen molar-refractivity contribution in [3.63, 3.8) is 0 Å². The van der Waals surface area contributed by atoms with Gasteiger partial charge in [0.1, 0.15) is 5.69 Å². The largest absolute Gasteiger partial charge is 0.433 e. The van der Waals surface area contributed by atoms with E-state index in [0.717, 1.165) is 9.13 Å². The molecule has 23 heavy (non-hydrogen) atoms. The molecule has 0 aliphatic carbocycles. The maximum atomic E-state index is 13.4. The summed E-state index contributed by atoms with van der Waals surface area (Å²) in [4.78, 5) is 3.83. The van der Waals surface area contributed by atoms with Crippen molar-refractivity contribution in [2.24, 2.45) is 0 Å². The molecule has 0 unspecified atom stereocenters. The maximum Gasteiger partial charge on any atom is 0.433 e. The lowest BCUT2D eigenvalue weighted by atomic mass is 10.0. The van der Waals surface area contributed by atoms with Crippen LogP contribution in [-0.2, 0) is 12.6 Å². The molecular weight excluding hydrogens is 438 g/mol. The van der Waals surface area contributed by atoms with Gasteiger partial charge in [-0.3, -0.25) is 0 Å². The van der Waals surface area contributed by atoms with Crippen LogP contribution < -0.4 is 0 Å². The summed E-state index contributed by atoms with van der Waals surface area (Å²) in [5.41, 5.74) is 0.103. The smallest absolute Gasteiger partial charge is 0.243 e. The third-order valence-corrected chi connectivity index (χ3v) is 4.57. The lowest BCUT2D eigenvalue weighted by Gasteiger charge is -2.16. The minimum atomic E-state index is -4.55. The minimum absolute atomic E-state index is 0.0138. The third kappa shape index (κ3) is 3.45. The number of nitrogens with zero attached hydrogens (tertiary/aromatic N) is 1. The highest BCUT2D eigenvalue weighted by atomic mass is 127. The molecular formula is C17H10ClF3IN. The van der Waals surface area contributed by atoms with Gasteiger partial charge in [-0.2, -0.15) is 13.2 Å². The van der Waals surface area contributed by atoms with E-state index in [1.165, 1.54) is 0 Å². The van der Waals surface area contributed by atoms with Crippen LogP contribution in [0, 0.1) is 3.57 Å². The molecule has 2 aromatic carbocycles. The first-order valence-corrected chi connectivity index (χ1v) is 8.20. The van der Waals surface area contributed by atoms with Gasteiger partial charge in [-0.1, -0.05) is 41.9 Å². The van der Waals surface area contributed by atoms with Crippen molar-refractivity contribution in [2.75, 3.05) is 0 Å². The third-order valence-electron chi connectivity index (χ3n) is 3.47. The van der Waals surface area contributed by atoms with Crippen molar-refractivity contribution in [3.8, 4) is 0 Å². The van der Waals surface area contributed by atoms with Crippen LogP contribution in [0.15, 0.2) is 48.5 Å². The van der Waals surface area contributed by atoms with Gasteiger partial charge in [0.05, 0.1) is 10.5 Å². The van der Waals surface area contributed by atoms with Gasteiger partial charge in [0.15, 0.2) is 0 Å². The first-order chi connectivity index (χ1) is 10.9. The highest BCUT2D eigenvalue weighted by Gasteiger charge is 2.37. The minimum Gasteiger partial charge on any atom is -0.243 e. The van der Waals surface area contributed by atoms with E-state index in [1.54, 1.807) is 42.5 Å². The van der Waals surface area contributed by atoms with Crippen molar-refractivity contribution < 1.29 is 13.2 Å². The van der Waals surface area contributed by atoms with Crippen molar-refractivity contribution in [1.29, 1.82) is 0 Å². The van der Waals surface area contributed by atoms with E-state index >= 15 is 0 Å². The lowest BCUT2D eigenvalue weighted by Crippen LogP contribution is -2.13. The van der Waals surface area contributed by atoms with Crippen molar-refractivity contribution in [3.05, 3.63) is 73.9 Å². The van der Waals surface area contributed by atoms with E-state index in [0.29, 0.717) is 5.39 Å². The Hall–Kier alpha value is -1.34. The fraction of sp³-hybridized carbons (Fsp3) is 0.118. The van der Waals surface area contributed by atoms with Crippen LogP contribution >= 0.6 is 34.2 Å². The fourth-order valence-corrected chi connectivity index (χ4v) is 3.23. The average molecular weight is 448 g/mol. The number of pyridine rings is 1. The van der Waals surface area contributed by atoms with Crippen LogP contribution in [0.3, 0.4) is 0 Å². The van der Waals surface area contributed by atoms with E-state index in [-0.39, 0.29) is 22.5 Å². The molecule has 0 saturated heterocycles. The molecule has 118 valence electrons. The Morgan fingerprint density at radius 1 is 1.04 bits per heavy atom. The number of aromatic nitrogens is 1. The Balaban J connectivity index is 2.26. The molecule has 0 aliphatic heterocycles. The van der Waals surface area contributed by atoms with Crippen LogP contribution in [-0.4, -0.2) is 4.98 Å². The van der Waals surface area contributed by atoms with Gasteiger partial charge >= 0.3 is 6.18 Å². The van der Waals surface area contributed by atoms with Gasteiger partial charge in [-0.15, -0.1) is 0 Å². The summed E-state index contributed by atoms with van der Waals surface area (Å²) >= 11 is 8.43. The van der Waals surface area contributed by atoms with Crippen molar-refractivity contribution in [1.82, 2.24) is 4.98 Å². The molecule has 0 N–H and O–H groups in total. The van der Waals surface area contributed by atoms with Crippen LogP contribution in [0.25, 0.3) is 10.9 Å². The summed E-state index contributed by atoms with van der Waals surface area (Å²) in [5, 5.41) is 0.655. The first kappa shape index (κ1) is 16.5. The lowest BCUT2D eigenvalue weighted by molar-refractivity contribution is -0.141. The molecule has 0 fully saturated rings. The summed E-state index contributed by atoms with van der Waals surface area (Å²) in [6.07, 6.45) is -4.46. The molecule has 0 aliphatic rings. The number of rotatable bonds is 2. The second-order valence-electron chi connectivity index (χ2n) is 5.07. The molecule has 0 bridgehead atoms. The Morgan fingerprint density at radius 3 is 2.39 bits per heavy atom. The summed E-state index contributed by atoms with van der Waals surface area (Å²) in [5.74, 6) is 0. The molecule has 1 nitrogen and oxygen atoms in total. The molecule has 0 spiro atoms. The molecule has 6 heteroatoms. The summed E-state index contributed by atoms with van der Waals surface area (Å²) in [6, 6.07) is 14.0. The van der Waals surface area contributed by atoms with Gasteiger partial charge in [-0.25, -0.2) is 4.98 Å². The fourth-order valence-electron chi connectivity index (χ4n) is 2.43. The molecule has 0 amide bonds. The standard InChI is InChI=1S/C17H10ClF3IN/c18-15-12-9-11(22)6-7-14(12)23-16(17(19,20)21)13(15)8-10-4-2-1-3-5-10/h1-7,9H,8H2. The topological polar surface area (TPSA) is 12.9 Å². The molecule has 0 saturated carbocycles. The quantitative estimate of drug-likeness (QED) is 0.433. The number of hydrogen-bond acceptors (Lipinski definition) is 1. The van der Waals surface area contributed by atoms with Gasteiger partial charge < -0.3 is 0 Å². The van der Waals surface area contributed by atoms with Gasteiger partial charge in [0.25, 0.3) is 0 Å². The Bertz CT molecular complexity index is 863. The second kappa shape index (κ2) is 6.28. The van der Waals surface area contributed by atoms with Crippen LogP contribution in [0.5, 0.6) is 0 Å². The van der Waals surface area contributed by atoms with E-state index in [4.69, 9.17) is 11.6 Å². The van der Waals surface area contributed by atoms with Gasteiger partial charge in [-0.05, 0) is 46.4 Å². The van der Waals surface area contributed by atoms with E-state index in [1.807, 2.05) is 6.07 Å². The normalized spacial score (nSPS) is 11.9. The monoisotopic (exact) mass is 447 g/mol. The number of benzene rings is 2. The molecule has 1 heterocycles. The van der Waals surface area contributed by atoms with E-state index in [9.17, 15) is 13.2 Å². The Morgan fingerprint density at radius 2 is 1.74 bits per heavy atom. The predicted molar refractivity (Wildman–Crippen MR) is 93.7 cm³/mol. The molecule has 3 rings (SSSR count). The number of halogens is 5. The molecule has 1 aromatic heterocycles. The van der Waals surface area contributed by atoms with Crippen LogP contribution in [0.4, 0.5) is 13.2 Å².